The zero-order valence-corrected chi connectivity index (χ0v) is 12.1. The van der Waals surface area contributed by atoms with Crippen LogP contribution in [0.3, 0.4) is 0 Å². The summed E-state index contributed by atoms with van der Waals surface area (Å²) in [6.45, 7) is 2.89. The van der Waals surface area contributed by atoms with Gasteiger partial charge in [0, 0.05) is 17.6 Å². The Kier molecular flexibility index (Phi) is 3.54. The van der Waals surface area contributed by atoms with Crippen LogP contribution in [0.2, 0.25) is 0 Å². The number of rotatable bonds is 3. The molecule has 1 aromatic rings. The monoisotopic (exact) mass is 326 g/mol. The van der Waals surface area contributed by atoms with Gasteiger partial charge in [0.25, 0.3) is 0 Å². The summed E-state index contributed by atoms with van der Waals surface area (Å²) in [7, 11) is 0. The predicted molar refractivity (Wildman–Crippen MR) is 75.2 cm³/mol. The summed E-state index contributed by atoms with van der Waals surface area (Å²) < 4.78 is 0.713. The number of nitrogens with zero attached hydrogens (tertiary/aromatic N) is 1. The van der Waals surface area contributed by atoms with Crippen LogP contribution in [0.15, 0.2) is 22.7 Å². The Bertz CT molecular complexity index is 547. The summed E-state index contributed by atoms with van der Waals surface area (Å²) in [5.41, 5.74) is 5.66. The first-order chi connectivity index (χ1) is 8.83. The number of carbonyl (C=O) groups is 2. The molecule has 0 aliphatic carbocycles. The number of carbonyl (C=O) groups excluding carboxylic acids is 1. The Morgan fingerprint density at radius 2 is 2.16 bits per heavy atom. The van der Waals surface area contributed by atoms with E-state index in [1.165, 1.54) is 0 Å². The minimum absolute atomic E-state index is 0.225. The van der Waals surface area contributed by atoms with E-state index in [4.69, 9.17) is 5.73 Å². The number of nitrogens with two attached hydrogens (primary N) is 1. The molecule has 0 aromatic heterocycles. The molecule has 2 rings (SSSR count). The number of carboxylic acid groups (broad SMARTS) is 1. The number of amides is 1. The van der Waals surface area contributed by atoms with Crippen molar-refractivity contribution in [3.8, 4) is 0 Å². The molecule has 1 fully saturated rings. The number of anilines is 1. The molecule has 1 aliphatic rings. The molecule has 0 radical (unpaired) electrons. The Balaban J connectivity index is 2.34. The van der Waals surface area contributed by atoms with E-state index in [9.17, 15) is 14.7 Å². The van der Waals surface area contributed by atoms with Crippen molar-refractivity contribution >= 4 is 33.5 Å². The van der Waals surface area contributed by atoms with Crippen LogP contribution in [0, 0.1) is 5.41 Å². The van der Waals surface area contributed by atoms with Gasteiger partial charge in [-0.25, -0.2) is 4.79 Å². The van der Waals surface area contributed by atoms with Crippen molar-refractivity contribution in [2.24, 2.45) is 11.1 Å². The minimum atomic E-state index is -0.982. The molecule has 6 heteroatoms. The van der Waals surface area contributed by atoms with Gasteiger partial charge in [0.1, 0.15) is 0 Å². The number of carboxylic acids is 1. The maximum absolute atomic E-state index is 11.4. The highest BCUT2D eigenvalue weighted by Gasteiger charge is 2.39. The van der Waals surface area contributed by atoms with E-state index in [0.717, 1.165) is 0 Å². The van der Waals surface area contributed by atoms with Crippen molar-refractivity contribution in [3.63, 3.8) is 0 Å². The maximum atomic E-state index is 11.4. The first-order valence-electron chi connectivity index (χ1n) is 5.91. The summed E-state index contributed by atoms with van der Waals surface area (Å²) >= 11 is 3.26. The van der Waals surface area contributed by atoms with Gasteiger partial charge in [-0.15, -0.1) is 0 Å². The third kappa shape index (κ3) is 2.58. The largest absolute Gasteiger partial charge is 0.478 e. The Morgan fingerprint density at radius 1 is 1.47 bits per heavy atom. The summed E-state index contributed by atoms with van der Waals surface area (Å²) in [4.78, 5) is 24.6. The zero-order valence-electron chi connectivity index (χ0n) is 10.5. The maximum Gasteiger partial charge on any atom is 0.337 e. The number of hydrogen-bond donors (Lipinski definition) is 2. The van der Waals surface area contributed by atoms with Crippen molar-refractivity contribution in [3.05, 3.63) is 28.2 Å². The number of primary amides is 1. The molecule has 19 heavy (non-hydrogen) atoms. The lowest BCUT2D eigenvalue weighted by Gasteiger charge is -2.23. The molecule has 1 saturated heterocycles. The Hall–Kier alpha value is -1.56. The van der Waals surface area contributed by atoms with E-state index >= 15 is 0 Å². The van der Waals surface area contributed by atoms with E-state index in [2.05, 4.69) is 15.9 Å². The molecule has 1 unspecified atom stereocenters. The molecule has 1 aromatic carbocycles. The number of halogens is 1. The molecule has 102 valence electrons. The normalized spacial score (nSPS) is 22.5. The average molecular weight is 327 g/mol. The topological polar surface area (TPSA) is 83.6 Å². The molecule has 5 nitrogen and oxygen atoms in total. The molecule has 1 aliphatic heterocycles. The minimum Gasteiger partial charge on any atom is -0.478 e. The molecule has 0 saturated carbocycles. The van der Waals surface area contributed by atoms with Gasteiger partial charge in [-0.3, -0.25) is 4.79 Å². The van der Waals surface area contributed by atoms with E-state index in [-0.39, 0.29) is 11.5 Å². The van der Waals surface area contributed by atoms with E-state index < -0.39 is 11.4 Å². The van der Waals surface area contributed by atoms with Crippen LogP contribution in [-0.2, 0) is 4.79 Å². The SMILES string of the molecule is CC1(C(N)=O)CCN(c2ccc(Br)cc2C(=O)O)C1. The average Bonchev–Trinajstić information content (AvgIpc) is 2.73. The first kappa shape index (κ1) is 13.9. The van der Waals surface area contributed by atoms with E-state index in [0.29, 0.717) is 29.7 Å². The molecule has 1 amide bonds. The Morgan fingerprint density at radius 3 is 2.68 bits per heavy atom. The first-order valence-corrected chi connectivity index (χ1v) is 6.70. The Labute approximate surface area is 119 Å². The van der Waals surface area contributed by atoms with Gasteiger partial charge < -0.3 is 15.7 Å². The number of aromatic carboxylic acids is 1. The van der Waals surface area contributed by atoms with Gasteiger partial charge in [0.2, 0.25) is 5.91 Å². The fourth-order valence-electron chi connectivity index (χ4n) is 2.32. The van der Waals surface area contributed by atoms with Crippen LogP contribution in [0.5, 0.6) is 0 Å². The molecule has 0 spiro atoms. The third-order valence-corrected chi connectivity index (χ3v) is 4.09. The van der Waals surface area contributed by atoms with Gasteiger partial charge in [-0.05, 0) is 31.5 Å². The highest BCUT2D eigenvalue weighted by Crippen LogP contribution is 2.35. The highest BCUT2D eigenvalue weighted by atomic mass is 79.9. The van der Waals surface area contributed by atoms with Crippen molar-refractivity contribution in [2.45, 2.75) is 13.3 Å². The van der Waals surface area contributed by atoms with Crippen LogP contribution in [-0.4, -0.2) is 30.1 Å². The second-order valence-corrected chi connectivity index (χ2v) is 5.98. The highest BCUT2D eigenvalue weighted by molar-refractivity contribution is 9.10. The molecule has 1 atom stereocenters. The second kappa shape index (κ2) is 4.85. The van der Waals surface area contributed by atoms with E-state index in [1.54, 1.807) is 18.2 Å². The van der Waals surface area contributed by atoms with Gasteiger partial charge in [0.05, 0.1) is 16.7 Å². The number of hydrogen-bond acceptors (Lipinski definition) is 3. The van der Waals surface area contributed by atoms with Crippen LogP contribution in [0.1, 0.15) is 23.7 Å². The van der Waals surface area contributed by atoms with Gasteiger partial charge >= 0.3 is 5.97 Å². The van der Waals surface area contributed by atoms with Gasteiger partial charge in [-0.2, -0.15) is 0 Å². The third-order valence-electron chi connectivity index (χ3n) is 3.60. The van der Waals surface area contributed by atoms with Gasteiger partial charge in [-0.1, -0.05) is 15.9 Å². The lowest BCUT2D eigenvalue weighted by atomic mass is 9.89. The van der Waals surface area contributed by atoms with Crippen molar-refractivity contribution in [1.29, 1.82) is 0 Å². The van der Waals surface area contributed by atoms with E-state index in [1.807, 2.05) is 11.8 Å². The second-order valence-electron chi connectivity index (χ2n) is 5.06. The fourth-order valence-corrected chi connectivity index (χ4v) is 2.68. The summed E-state index contributed by atoms with van der Waals surface area (Å²) in [5, 5.41) is 9.25. The van der Waals surface area contributed by atoms with Crippen molar-refractivity contribution < 1.29 is 14.7 Å². The number of benzene rings is 1. The molecule has 1 heterocycles. The van der Waals surface area contributed by atoms with Crippen LogP contribution in [0.4, 0.5) is 5.69 Å². The van der Waals surface area contributed by atoms with Crippen molar-refractivity contribution in [1.82, 2.24) is 0 Å². The quantitative estimate of drug-likeness (QED) is 0.887. The lowest BCUT2D eigenvalue weighted by Crippen LogP contribution is -2.37. The van der Waals surface area contributed by atoms with Crippen LogP contribution in [0.25, 0.3) is 0 Å². The van der Waals surface area contributed by atoms with Crippen LogP contribution < -0.4 is 10.6 Å². The summed E-state index contributed by atoms with van der Waals surface area (Å²) in [6.07, 6.45) is 0.636. The standard InChI is InChI=1S/C13H15BrN2O3/c1-13(12(15)19)4-5-16(7-13)10-3-2-8(14)6-9(10)11(17)18/h2-3,6H,4-5,7H2,1H3,(H2,15,19)(H,17,18). The zero-order chi connectivity index (χ0) is 14.2. The molecular weight excluding hydrogens is 312 g/mol. The van der Waals surface area contributed by atoms with Crippen LogP contribution >= 0.6 is 15.9 Å². The molecule has 3 N–H and O–H groups in total. The fraction of sp³-hybridized carbons (Fsp3) is 0.385. The lowest BCUT2D eigenvalue weighted by molar-refractivity contribution is -0.125. The van der Waals surface area contributed by atoms with Gasteiger partial charge in [0.15, 0.2) is 0 Å². The molecular formula is C13H15BrN2O3. The summed E-state index contributed by atoms with van der Waals surface area (Å²) in [5.74, 6) is -1.33. The van der Waals surface area contributed by atoms with Crippen molar-refractivity contribution in [2.75, 3.05) is 18.0 Å². The molecule has 0 bridgehead atoms. The summed E-state index contributed by atoms with van der Waals surface area (Å²) in [6, 6.07) is 5.11. The smallest absolute Gasteiger partial charge is 0.337 e. The predicted octanol–water partition coefficient (Wildman–Crippen LogP) is 1.85.